The molecule has 0 saturated carbocycles. The predicted molar refractivity (Wildman–Crippen MR) is 43.0 cm³/mol. The quantitative estimate of drug-likeness (QED) is 0.597. The first-order valence-electron chi connectivity index (χ1n) is 3.87. The predicted octanol–water partition coefficient (Wildman–Crippen LogP) is 2.59. The molecule has 0 aliphatic heterocycles. The van der Waals surface area contributed by atoms with Gasteiger partial charge in [-0.15, -0.1) is 0 Å². The maximum Gasteiger partial charge on any atom is 0.124 e. The van der Waals surface area contributed by atoms with Crippen LogP contribution in [0.25, 0.3) is 0 Å². The van der Waals surface area contributed by atoms with Crippen molar-refractivity contribution in [3.05, 3.63) is 23.6 Å². The Kier molecular flexibility index (Phi) is 2.83. The first-order chi connectivity index (χ1) is 5.27. The highest BCUT2D eigenvalue weighted by molar-refractivity contribution is 5.29. The van der Waals surface area contributed by atoms with E-state index in [1.54, 1.807) is 13.2 Å². The van der Waals surface area contributed by atoms with Crippen LogP contribution in [-0.2, 0) is 4.74 Å². The minimum absolute atomic E-state index is 0.0645. The summed E-state index contributed by atoms with van der Waals surface area (Å²) in [5, 5.41) is 0. The summed E-state index contributed by atoms with van der Waals surface area (Å²) >= 11 is 0. The Morgan fingerprint density at radius 3 is 2.91 bits per heavy atom. The number of allylic oxidation sites excluding steroid dienone is 2. The fraction of sp³-hybridized carbons (Fsp3) is 0.556. The molecule has 0 bridgehead atoms. The number of halogens is 1. The average molecular weight is 156 g/mol. The minimum Gasteiger partial charge on any atom is -0.377 e. The van der Waals surface area contributed by atoms with Gasteiger partial charge in [-0.05, 0) is 24.5 Å². The zero-order chi connectivity index (χ0) is 8.27. The summed E-state index contributed by atoms with van der Waals surface area (Å²) in [4.78, 5) is 0. The van der Waals surface area contributed by atoms with Crippen LogP contribution in [-0.4, -0.2) is 13.2 Å². The number of ether oxygens (including phenoxy) is 1. The molecule has 0 aromatic rings. The maximum atomic E-state index is 13.0. The van der Waals surface area contributed by atoms with Crippen LogP contribution in [0.1, 0.15) is 19.8 Å². The maximum absolute atomic E-state index is 13.0. The van der Waals surface area contributed by atoms with Crippen molar-refractivity contribution in [2.24, 2.45) is 0 Å². The molecule has 1 aliphatic carbocycles. The standard InChI is InChI=1S/C9H13FO/c1-3-7-4-5-8(11-2)6-9(7)10/h4,6,8H,3,5H2,1-2H3. The number of methoxy groups -OCH3 is 1. The van der Waals surface area contributed by atoms with Crippen molar-refractivity contribution >= 4 is 0 Å². The molecule has 1 nitrogen and oxygen atoms in total. The summed E-state index contributed by atoms with van der Waals surface area (Å²) in [6.45, 7) is 1.95. The van der Waals surface area contributed by atoms with Gasteiger partial charge in [-0.3, -0.25) is 0 Å². The normalized spacial score (nSPS) is 24.5. The summed E-state index contributed by atoms with van der Waals surface area (Å²) in [5.74, 6) is -0.120. The van der Waals surface area contributed by atoms with Gasteiger partial charge in [0.15, 0.2) is 0 Å². The third-order valence-corrected chi connectivity index (χ3v) is 1.92. The van der Waals surface area contributed by atoms with Crippen LogP contribution in [0.2, 0.25) is 0 Å². The molecule has 1 rings (SSSR count). The van der Waals surface area contributed by atoms with E-state index in [0.717, 1.165) is 18.4 Å². The molecule has 0 aromatic heterocycles. The topological polar surface area (TPSA) is 9.23 Å². The highest BCUT2D eigenvalue weighted by Crippen LogP contribution is 2.23. The van der Waals surface area contributed by atoms with Crippen LogP contribution in [0.4, 0.5) is 4.39 Å². The second-order valence-corrected chi connectivity index (χ2v) is 2.61. The summed E-state index contributed by atoms with van der Waals surface area (Å²) in [7, 11) is 1.60. The third kappa shape index (κ3) is 1.90. The molecule has 0 heterocycles. The zero-order valence-electron chi connectivity index (χ0n) is 6.93. The highest BCUT2D eigenvalue weighted by atomic mass is 19.1. The van der Waals surface area contributed by atoms with E-state index in [9.17, 15) is 4.39 Å². The van der Waals surface area contributed by atoms with Gasteiger partial charge < -0.3 is 4.74 Å². The van der Waals surface area contributed by atoms with Gasteiger partial charge in [0.2, 0.25) is 0 Å². The van der Waals surface area contributed by atoms with E-state index in [4.69, 9.17) is 4.74 Å². The minimum atomic E-state index is -0.120. The molecule has 0 N–H and O–H groups in total. The van der Waals surface area contributed by atoms with Gasteiger partial charge >= 0.3 is 0 Å². The lowest BCUT2D eigenvalue weighted by Gasteiger charge is -2.15. The fourth-order valence-corrected chi connectivity index (χ4v) is 1.17. The molecule has 0 amide bonds. The Balaban J connectivity index is 2.66. The van der Waals surface area contributed by atoms with Gasteiger partial charge in [0.25, 0.3) is 0 Å². The van der Waals surface area contributed by atoms with Crippen molar-refractivity contribution in [2.75, 3.05) is 7.11 Å². The SMILES string of the molecule is CCC1=CCC(OC)C=C1F. The molecular weight excluding hydrogens is 143 g/mol. The summed E-state index contributed by atoms with van der Waals surface area (Å²) < 4.78 is 18.0. The lowest BCUT2D eigenvalue weighted by Crippen LogP contribution is -2.10. The lowest BCUT2D eigenvalue weighted by atomic mass is 10.0. The van der Waals surface area contributed by atoms with E-state index in [1.807, 2.05) is 13.0 Å². The van der Waals surface area contributed by atoms with E-state index < -0.39 is 0 Å². The molecule has 0 saturated heterocycles. The highest BCUT2D eigenvalue weighted by Gasteiger charge is 2.12. The van der Waals surface area contributed by atoms with Crippen molar-refractivity contribution in [3.8, 4) is 0 Å². The van der Waals surface area contributed by atoms with Gasteiger partial charge in [-0.2, -0.15) is 0 Å². The lowest BCUT2D eigenvalue weighted by molar-refractivity contribution is 0.140. The van der Waals surface area contributed by atoms with Crippen LogP contribution in [0.3, 0.4) is 0 Å². The van der Waals surface area contributed by atoms with Gasteiger partial charge in [0.1, 0.15) is 5.83 Å². The molecule has 11 heavy (non-hydrogen) atoms. The molecule has 2 heteroatoms. The van der Waals surface area contributed by atoms with E-state index >= 15 is 0 Å². The van der Waals surface area contributed by atoms with E-state index in [-0.39, 0.29) is 11.9 Å². The van der Waals surface area contributed by atoms with E-state index in [2.05, 4.69) is 0 Å². The van der Waals surface area contributed by atoms with Crippen LogP contribution in [0, 0.1) is 0 Å². The molecule has 0 spiro atoms. The number of hydrogen-bond donors (Lipinski definition) is 0. The van der Waals surface area contributed by atoms with Crippen molar-refractivity contribution in [1.29, 1.82) is 0 Å². The molecule has 0 radical (unpaired) electrons. The Morgan fingerprint density at radius 1 is 1.73 bits per heavy atom. The summed E-state index contributed by atoms with van der Waals surface area (Å²) in [5.41, 5.74) is 0.804. The molecule has 62 valence electrons. The van der Waals surface area contributed by atoms with Crippen molar-refractivity contribution in [1.82, 2.24) is 0 Å². The molecule has 1 unspecified atom stereocenters. The molecule has 0 fully saturated rings. The first kappa shape index (κ1) is 8.47. The van der Waals surface area contributed by atoms with E-state index in [0.29, 0.717) is 0 Å². The van der Waals surface area contributed by atoms with E-state index in [1.165, 1.54) is 0 Å². The van der Waals surface area contributed by atoms with Crippen LogP contribution in [0.15, 0.2) is 23.6 Å². The number of hydrogen-bond acceptors (Lipinski definition) is 1. The second kappa shape index (κ2) is 3.67. The van der Waals surface area contributed by atoms with Crippen molar-refractivity contribution in [3.63, 3.8) is 0 Å². The van der Waals surface area contributed by atoms with Crippen molar-refractivity contribution in [2.45, 2.75) is 25.9 Å². The largest absolute Gasteiger partial charge is 0.377 e. The number of rotatable bonds is 2. The summed E-state index contributed by atoms with van der Waals surface area (Å²) in [6, 6.07) is 0. The molecule has 1 aliphatic rings. The smallest absolute Gasteiger partial charge is 0.124 e. The van der Waals surface area contributed by atoms with Crippen LogP contribution in [0.5, 0.6) is 0 Å². The first-order valence-corrected chi connectivity index (χ1v) is 3.87. The molecule has 0 aromatic carbocycles. The monoisotopic (exact) mass is 156 g/mol. The van der Waals surface area contributed by atoms with Gasteiger partial charge in [0, 0.05) is 7.11 Å². The zero-order valence-corrected chi connectivity index (χ0v) is 6.93. The molecular formula is C9H13FO. The summed E-state index contributed by atoms with van der Waals surface area (Å²) in [6.07, 6.45) is 4.94. The Bertz CT molecular complexity index is 194. The molecule has 1 atom stereocenters. The Hall–Kier alpha value is -0.630. The van der Waals surface area contributed by atoms with Crippen LogP contribution >= 0.6 is 0 Å². The Labute approximate surface area is 66.6 Å². The second-order valence-electron chi connectivity index (χ2n) is 2.61. The average Bonchev–Trinajstić information content (AvgIpc) is 2.04. The van der Waals surface area contributed by atoms with Gasteiger partial charge in [-0.1, -0.05) is 13.0 Å². The van der Waals surface area contributed by atoms with Gasteiger partial charge in [-0.25, -0.2) is 4.39 Å². The fourth-order valence-electron chi connectivity index (χ4n) is 1.17. The third-order valence-electron chi connectivity index (χ3n) is 1.92. The van der Waals surface area contributed by atoms with Crippen molar-refractivity contribution < 1.29 is 9.13 Å². The van der Waals surface area contributed by atoms with Crippen LogP contribution < -0.4 is 0 Å². The van der Waals surface area contributed by atoms with Gasteiger partial charge in [0.05, 0.1) is 6.10 Å². The Morgan fingerprint density at radius 2 is 2.45 bits per heavy atom.